The number of non-ortho nitro benzene ring substituents is 1. The average molecular weight is 338 g/mol. The molecule has 2 N–H and O–H groups in total. The van der Waals surface area contributed by atoms with E-state index in [0.29, 0.717) is 5.56 Å². The third kappa shape index (κ3) is 3.44. The fraction of sp³-hybridized carbons (Fsp3) is 0.0625. The number of nitrogens with one attached hydrogen (secondary N) is 2. The van der Waals surface area contributed by atoms with Crippen molar-refractivity contribution in [2.24, 2.45) is 5.10 Å². The van der Waals surface area contributed by atoms with Gasteiger partial charge in [-0.1, -0.05) is 11.8 Å². The van der Waals surface area contributed by atoms with Crippen LogP contribution in [0.2, 0.25) is 0 Å². The number of fused-ring (bicyclic) bond motifs is 1. The molecule has 126 valence electrons. The van der Waals surface area contributed by atoms with Gasteiger partial charge >= 0.3 is 0 Å². The number of H-pyrrole nitrogens is 1. The Kier molecular flexibility index (Phi) is 4.12. The molecule has 0 unspecified atom stereocenters. The Hall–Kier alpha value is -3.75. The lowest BCUT2D eigenvalue weighted by Crippen LogP contribution is -2.17. The van der Waals surface area contributed by atoms with E-state index in [1.165, 1.54) is 0 Å². The molecule has 0 saturated heterocycles. The normalized spacial score (nSPS) is 11.1. The molecule has 25 heavy (non-hydrogen) atoms. The lowest BCUT2D eigenvalue weighted by Gasteiger charge is -2.08. The summed E-state index contributed by atoms with van der Waals surface area (Å²) in [6.45, 7) is 1.81. The Bertz CT molecular complexity index is 1010. The van der Waals surface area contributed by atoms with E-state index in [1.54, 1.807) is 18.2 Å². The van der Waals surface area contributed by atoms with Crippen LogP contribution in [0, 0.1) is 17.0 Å². The number of aromatic amines is 1. The molecule has 0 radical (unpaired) electrons. The van der Waals surface area contributed by atoms with Gasteiger partial charge in [0.1, 0.15) is 5.82 Å². The van der Waals surface area contributed by atoms with Crippen molar-refractivity contribution in [3.63, 3.8) is 0 Å². The smallest absolute Gasteiger partial charge is 0.271 e. The van der Waals surface area contributed by atoms with Crippen LogP contribution in [-0.2, 0) is 0 Å². The van der Waals surface area contributed by atoms with Crippen molar-refractivity contribution in [2.75, 3.05) is 0 Å². The van der Waals surface area contributed by atoms with Crippen LogP contribution < -0.4 is 10.5 Å². The lowest BCUT2D eigenvalue weighted by atomic mass is 10.2. The number of hydrazone groups is 1. The SMILES string of the molecule is Cc1nc2ccc(C(=O)N/N=C\c3cc([N+](=O)[O-])ccc3[O-])cc2[nH]1. The maximum Gasteiger partial charge on any atom is 0.271 e. The predicted octanol–water partition coefficient (Wildman–Crippen LogP) is 1.62. The van der Waals surface area contributed by atoms with Crippen molar-refractivity contribution in [2.45, 2.75) is 6.92 Å². The molecule has 0 spiro atoms. The van der Waals surface area contributed by atoms with Crippen LogP contribution in [0.3, 0.4) is 0 Å². The van der Waals surface area contributed by atoms with Crippen LogP contribution in [-0.4, -0.2) is 27.0 Å². The summed E-state index contributed by atoms with van der Waals surface area (Å²) in [5, 5.41) is 26.1. The fourth-order valence-electron chi connectivity index (χ4n) is 2.25. The van der Waals surface area contributed by atoms with E-state index in [-0.39, 0.29) is 11.3 Å². The number of nitro benzene ring substituents is 1. The van der Waals surface area contributed by atoms with Crippen molar-refractivity contribution in [3.05, 3.63) is 63.5 Å². The number of hydrogen-bond acceptors (Lipinski definition) is 6. The first-order valence-electron chi connectivity index (χ1n) is 7.19. The summed E-state index contributed by atoms with van der Waals surface area (Å²) in [6.07, 6.45) is 1.08. The quantitative estimate of drug-likeness (QED) is 0.423. The summed E-state index contributed by atoms with van der Waals surface area (Å²) in [5.74, 6) is -0.180. The first-order chi connectivity index (χ1) is 11.9. The largest absolute Gasteiger partial charge is 0.872 e. The van der Waals surface area contributed by atoms with E-state index < -0.39 is 16.6 Å². The zero-order chi connectivity index (χ0) is 18.0. The van der Waals surface area contributed by atoms with Gasteiger partial charge in [0, 0.05) is 17.7 Å². The number of nitrogens with zero attached hydrogens (tertiary/aromatic N) is 3. The third-order valence-corrected chi connectivity index (χ3v) is 3.44. The van der Waals surface area contributed by atoms with Crippen LogP contribution in [0.1, 0.15) is 21.7 Å². The van der Waals surface area contributed by atoms with E-state index in [0.717, 1.165) is 41.3 Å². The molecule has 9 nitrogen and oxygen atoms in total. The predicted molar refractivity (Wildman–Crippen MR) is 88.4 cm³/mol. The summed E-state index contributed by atoms with van der Waals surface area (Å²) >= 11 is 0. The monoisotopic (exact) mass is 338 g/mol. The van der Waals surface area contributed by atoms with Gasteiger partial charge in [-0.15, -0.1) is 0 Å². The number of benzene rings is 2. The molecule has 2 aromatic carbocycles. The van der Waals surface area contributed by atoms with Crippen LogP contribution in [0.25, 0.3) is 11.0 Å². The number of aryl methyl sites for hydroxylation is 1. The van der Waals surface area contributed by atoms with Gasteiger partial charge in [-0.25, -0.2) is 10.4 Å². The molecule has 1 amide bonds. The number of carbonyl (C=O) groups is 1. The van der Waals surface area contributed by atoms with E-state index in [4.69, 9.17) is 0 Å². The Morgan fingerprint density at radius 1 is 1.32 bits per heavy atom. The topological polar surface area (TPSA) is 136 Å². The summed E-state index contributed by atoms with van der Waals surface area (Å²) in [5.41, 5.74) is 3.88. The molecular formula is C16H12N5O4-. The highest BCUT2D eigenvalue weighted by molar-refractivity contribution is 5.98. The molecule has 0 atom stereocenters. The summed E-state index contributed by atoms with van der Waals surface area (Å²) in [7, 11) is 0. The van der Waals surface area contributed by atoms with Crippen LogP contribution >= 0.6 is 0 Å². The summed E-state index contributed by atoms with van der Waals surface area (Å²) in [4.78, 5) is 29.5. The second-order valence-corrected chi connectivity index (χ2v) is 5.23. The van der Waals surface area contributed by atoms with Crippen molar-refractivity contribution >= 4 is 28.8 Å². The van der Waals surface area contributed by atoms with Gasteiger partial charge in [0.05, 0.1) is 22.2 Å². The molecule has 0 aliphatic heterocycles. The minimum atomic E-state index is -0.614. The molecule has 0 saturated carbocycles. The molecule has 0 aliphatic carbocycles. The maximum absolute atomic E-state index is 12.1. The lowest BCUT2D eigenvalue weighted by molar-refractivity contribution is -0.385. The zero-order valence-corrected chi connectivity index (χ0v) is 13.0. The van der Waals surface area contributed by atoms with E-state index in [1.807, 2.05) is 6.92 Å². The molecule has 3 rings (SSSR count). The van der Waals surface area contributed by atoms with Crippen LogP contribution in [0.4, 0.5) is 5.69 Å². The molecule has 3 aromatic rings. The Labute approximate surface area is 141 Å². The van der Waals surface area contributed by atoms with Gasteiger partial charge in [-0.3, -0.25) is 14.9 Å². The second kappa shape index (κ2) is 6.40. The molecular weight excluding hydrogens is 326 g/mol. The summed E-state index contributed by atoms with van der Waals surface area (Å²) < 4.78 is 0. The first kappa shape index (κ1) is 16.1. The van der Waals surface area contributed by atoms with Crippen molar-refractivity contribution < 1.29 is 14.8 Å². The summed E-state index contributed by atoms with van der Waals surface area (Å²) in [6, 6.07) is 8.22. The number of carbonyl (C=O) groups excluding carboxylic acids is 1. The van der Waals surface area contributed by atoms with Crippen molar-refractivity contribution in [1.82, 2.24) is 15.4 Å². The number of aromatic nitrogens is 2. The van der Waals surface area contributed by atoms with Gasteiger partial charge in [-0.2, -0.15) is 5.10 Å². The fourth-order valence-corrected chi connectivity index (χ4v) is 2.25. The molecule has 0 fully saturated rings. The van der Waals surface area contributed by atoms with Gasteiger partial charge in [0.25, 0.3) is 11.6 Å². The van der Waals surface area contributed by atoms with Gasteiger partial charge in [0.2, 0.25) is 0 Å². The molecule has 1 heterocycles. The van der Waals surface area contributed by atoms with Crippen LogP contribution in [0.5, 0.6) is 5.75 Å². The maximum atomic E-state index is 12.1. The highest BCUT2D eigenvalue weighted by Gasteiger charge is 2.08. The molecule has 0 aliphatic rings. The molecule has 0 bridgehead atoms. The number of amides is 1. The van der Waals surface area contributed by atoms with E-state index >= 15 is 0 Å². The Morgan fingerprint density at radius 3 is 2.88 bits per heavy atom. The Morgan fingerprint density at radius 2 is 2.12 bits per heavy atom. The van der Waals surface area contributed by atoms with Crippen molar-refractivity contribution in [1.29, 1.82) is 0 Å². The van der Waals surface area contributed by atoms with Gasteiger partial charge in [0.15, 0.2) is 0 Å². The van der Waals surface area contributed by atoms with Gasteiger partial charge < -0.3 is 10.1 Å². The zero-order valence-electron chi connectivity index (χ0n) is 13.0. The highest BCUT2D eigenvalue weighted by Crippen LogP contribution is 2.19. The average Bonchev–Trinajstić information content (AvgIpc) is 2.95. The first-order valence-corrected chi connectivity index (χ1v) is 7.19. The Balaban J connectivity index is 1.75. The molecule has 1 aromatic heterocycles. The van der Waals surface area contributed by atoms with Crippen LogP contribution in [0.15, 0.2) is 41.5 Å². The number of imidazole rings is 1. The minimum absolute atomic E-state index is 0.00847. The number of nitro groups is 1. The van der Waals surface area contributed by atoms with E-state index in [9.17, 15) is 20.0 Å². The number of hydrogen-bond donors (Lipinski definition) is 2. The minimum Gasteiger partial charge on any atom is -0.872 e. The van der Waals surface area contributed by atoms with Gasteiger partial charge in [-0.05, 0) is 30.7 Å². The standard InChI is InChI=1S/C16H13N5O4/c1-9-18-13-4-2-10(7-14(13)19-9)16(23)20-17-8-11-6-12(21(24)25)3-5-15(11)22/h2-8,22H,1H3,(H,18,19)(H,20,23)/p-1/b17-8-. The number of rotatable bonds is 4. The molecule has 9 heteroatoms. The second-order valence-electron chi connectivity index (χ2n) is 5.23. The highest BCUT2D eigenvalue weighted by atomic mass is 16.6. The van der Waals surface area contributed by atoms with E-state index in [2.05, 4.69) is 20.5 Å². The van der Waals surface area contributed by atoms with Crippen molar-refractivity contribution in [3.8, 4) is 5.75 Å². The third-order valence-electron chi connectivity index (χ3n) is 3.44.